The number of hydrogen-bond donors (Lipinski definition) is 1. The van der Waals surface area contributed by atoms with E-state index in [-0.39, 0.29) is 12.6 Å². The normalized spacial score (nSPS) is 16.1. The summed E-state index contributed by atoms with van der Waals surface area (Å²) in [6.45, 7) is 3.94. The lowest BCUT2D eigenvalue weighted by Crippen LogP contribution is -2.33. The quantitative estimate of drug-likeness (QED) is 0.889. The summed E-state index contributed by atoms with van der Waals surface area (Å²) >= 11 is 3.36. The summed E-state index contributed by atoms with van der Waals surface area (Å²) in [6, 6.07) is 3.47. The van der Waals surface area contributed by atoms with Crippen LogP contribution in [0.5, 0.6) is 0 Å². The van der Waals surface area contributed by atoms with Gasteiger partial charge in [0.05, 0.1) is 11.5 Å². The number of hydrogen-bond acceptors (Lipinski definition) is 3. The number of halogens is 1. The third kappa shape index (κ3) is 2.86. The monoisotopic (exact) mass is 347 g/mol. The molecule has 1 saturated carbocycles. The lowest BCUT2D eigenvalue weighted by atomic mass is 10.2. The smallest absolute Gasteiger partial charge is 0.243 e. The summed E-state index contributed by atoms with van der Waals surface area (Å²) in [6.07, 6.45) is 1.87. The fraction of sp³-hybridized carbons (Fsp3) is 0.538. The van der Waals surface area contributed by atoms with Gasteiger partial charge in [0.15, 0.2) is 0 Å². The molecule has 1 aromatic rings. The van der Waals surface area contributed by atoms with Crippen LogP contribution in [0.2, 0.25) is 0 Å². The molecule has 1 aliphatic rings. The molecule has 1 aliphatic carbocycles. The summed E-state index contributed by atoms with van der Waals surface area (Å²) in [7, 11) is -3.48. The molecule has 0 atom stereocenters. The Bertz CT molecular complexity index is 582. The molecule has 1 N–H and O–H groups in total. The standard InChI is InChI=1S/C13H18BrNO3S/c1-3-15(11-4-5-11)19(17,18)13-7-10(8-16)6-12(14)9(13)2/h6-7,11,16H,3-5,8H2,1-2H3. The third-order valence-corrected chi connectivity index (χ3v) is 6.37. The predicted octanol–water partition coefficient (Wildman–Crippen LogP) is 2.42. The predicted molar refractivity (Wildman–Crippen MR) is 77.4 cm³/mol. The lowest BCUT2D eigenvalue weighted by molar-refractivity contribution is 0.281. The molecule has 0 bridgehead atoms. The molecule has 0 heterocycles. The molecule has 0 saturated heterocycles. The summed E-state index contributed by atoms with van der Waals surface area (Å²) < 4.78 is 27.7. The first-order chi connectivity index (χ1) is 8.91. The minimum Gasteiger partial charge on any atom is -0.392 e. The number of sulfonamides is 1. The van der Waals surface area contributed by atoms with Crippen LogP contribution in [0, 0.1) is 6.92 Å². The Balaban J connectivity index is 2.53. The zero-order valence-electron chi connectivity index (χ0n) is 11.1. The van der Waals surface area contributed by atoms with E-state index in [0.29, 0.717) is 27.0 Å². The van der Waals surface area contributed by atoms with Gasteiger partial charge in [-0.15, -0.1) is 0 Å². The Morgan fingerprint density at radius 2 is 2.05 bits per heavy atom. The topological polar surface area (TPSA) is 57.6 Å². The minimum atomic E-state index is -3.48. The molecule has 0 spiro atoms. The largest absolute Gasteiger partial charge is 0.392 e. The second-order valence-corrected chi connectivity index (χ2v) is 7.51. The van der Waals surface area contributed by atoms with Crippen molar-refractivity contribution in [3.8, 4) is 0 Å². The van der Waals surface area contributed by atoms with Crippen molar-refractivity contribution in [3.63, 3.8) is 0 Å². The van der Waals surface area contributed by atoms with Crippen molar-refractivity contribution in [1.29, 1.82) is 0 Å². The van der Waals surface area contributed by atoms with Gasteiger partial charge in [-0.25, -0.2) is 8.42 Å². The lowest BCUT2D eigenvalue weighted by Gasteiger charge is -2.22. The molecule has 1 aromatic carbocycles. The van der Waals surface area contributed by atoms with Crippen molar-refractivity contribution >= 4 is 26.0 Å². The summed E-state index contributed by atoms with van der Waals surface area (Å²) in [5.41, 5.74) is 1.29. The van der Waals surface area contributed by atoms with E-state index in [9.17, 15) is 13.5 Å². The second-order valence-electron chi connectivity index (χ2n) is 4.80. The molecule has 0 amide bonds. The Morgan fingerprint density at radius 1 is 1.42 bits per heavy atom. The van der Waals surface area contributed by atoms with Crippen LogP contribution >= 0.6 is 15.9 Å². The third-order valence-electron chi connectivity index (χ3n) is 3.39. The van der Waals surface area contributed by atoms with Crippen molar-refractivity contribution in [1.82, 2.24) is 4.31 Å². The first-order valence-corrected chi connectivity index (χ1v) is 8.56. The van der Waals surface area contributed by atoms with Crippen LogP contribution in [-0.4, -0.2) is 30.4 Å². The van der Waals surface area contributed by atoms with Gasteiger partial charge >= 0.3 is 0 Å². The van der Waals surface area contributed by atoms with E-state index in [0.717, 1.165) is 12.8 Å². The van der Waals surface area contributed by atoms with E-state index in [4.69, 9.17) is 0 Å². The van der Waals surface area contributed by atoms with Crippen LogP contribution in [0.1, 0.15) is 30.9 Å². The van der Waals surface area contributed by atoms with E-state index >= 15 is 0 Å². The fourth-order valence-corrected chi connectivity index (χ4v) is 4.81. The highest BCUT2D eigenvalue weighted by Crippen LogP contribution is 2.34. The maximum atomic E-state index is 12.7. The molecule has 106 valence electrons. The van der Waals surface area contributed by atoms with E-state index in [2.05, 4.69) is 15.9 Å². The van der Waals surface area contributed by atoms with E-state index in [1.807, 2.05) is 6.92 Å². The SMILES string of the molecule is CCN(C1CC1)S(=O)(=O)c1cc(CO)cc(Br)c1C. The van der Waals surface area contributed by atoms with Gasteiger partial charge in [0.1, 0.15) is 0 Å². The molecular weight excluding hydrogens is 330 g/mol. The zero-order chi connectivity index (χ0) is 14.2. The van der Waals surface area contributed by atoms with Gasteiger partial charge in [0.25, 0.3) is 0 Å². The fourth-order valence-electron chi connectivity index (χ4n) is 2.18. The van der Waals surface area contributed by atoms with Gasteiger partial charge in [-0.1, -0.05) is 22.9 Å². The van der Waals surface area contributed by atoms with Crippen molar-refractivity contribution in [2.24, 2.45) is 0 Å². The molecule has 4 nitrogen and oxygen atoms in total. The average Bonchev–Trinajstić information content (AvgIpc) is 3.17. The Morgan fingerprint density at radius 3 is 2.53 bits per heavy atom. The Labute approximate surface area is 122 Å². The van der Waals surface area contributed by atoms with Gasteiger partial charge in [0, 0.05) is 17.1 Å². The zero-order valence-corrected chi connectivity index (χ0v) is 13.5. The highest BCUT2D eigenvalue weighted by Gasteiger charge is 2.37. The molecule has 0 aromatic heterocycles. The van der Waals surface area contributed by atoms with Gasteiger partial charge in [-0.3, -0.25) is 0 Å². The first kappa shape index (κ1) is 15.0. The Hall–Kier alpha value is -0.430. The maximum Gasteiger partial charge on any atom is 0.243 e. The number of aliphatic hydroxyl groups excluding tert-OH is 1. The molecule has 0 radical (unpaired) electrons. The van der Waals surface area contributed by atoms with Gasteiger partial charge in [-0.2, -0.15) is 4.31 Å². The highest BCUT2D eigenvalue weighted by atomic mass is 79.9. The second kappa shape index (κ2) is 5.52. The number of nitrogens with zero attached hydrogens (tertiary/aromatic N) is 1. The van der Waals surface area contributed by atoms with Crippen molar-refractivity contribution in [2.45, 2.75) is 44.2 Å². The molecule has 0 unspecified atom stereocenters. The molecule has 6 heteroatoms. The van der Waals surface area contributed by atoms with Crippen molar-refractivity contribution < 1.29 is 13.5 Å². The van der Waals surface area contributed by atoms with Crippen LogP contribution in [0.4, 0.5) is 0 Å². The van der Waals surface area contributed by atoms with Crippen LogP contribution in [0.3, 0.4) is 0 Å². The van der Waals surface area contributed by atoms with E-state index in [1.165, 1.54) is 0 Å². The molecule has 1 fully saturated rings. The molecule has 0 aliphatic heterocycles. The number of rotatable bonds is 5. The van der Waals surface area contributed by atoms with Crippen LogP contribution in [-0.2, 0) is 16.6 Å². The van der Waals surface area contributed by atoms with E-state index < -0.39 is 10.0 Å². The molecular formula is C13H18BrNO3S. The maximum absolute atomic E-state index is 12.7. The van der Waals surface area contributed by atoms with Gasteiger partial charge < -0.3 is 5.11 Å². The van der Waals surface area contributed by atoms with Gasteiger partial charge in [-0.05, 0) is 43.0 Å². The van der Waals surface area contributed by atoms with Crippen LogP contribution in [0.25, 0.3) is 0 Å². The summed E-state index contributed by atoms with van der Waals surface area (Å²) in [5, 5.41) is 9.23. The Kier molecular flexibility index (Phi) is 4.35. The minimum absolute atomic E-state index is 0.144. The van der Waals surface area contributed by atoms with Crippen LogP contribution in [0.15, 0.2) is 21.5 Å². The summed E-state index contributed by atoms with van der Waals surface area (Å²) in [5.74, 6) is 0. The summed E-state index contributed by atoms with van der Waals surface area (Å²) in [4.78, 5) is 0.291. The first-order valence-electron chi connectivity index (χ1n) is 6.33. The highest BCUT2D eigenvalue weighted by molar-refractivity contribution is 9.10. The van der Waals surface area contributed by atoms with Gasteiger partial charge in [0.2, 0.25) is 10.0 Å². The van der Waals surface area contributed by atoms with Crippen molar-refractivity contribution in [3.05, 3.63) is 27.7 Å². The number of benzene rings is 1. The van der Waals surface area contributed by atoms with E-state index in [1.54, 1.807) is 23.4 Å². The van der Waals surface area contributed by atoms with Crippen LogP contribution < -0.4 is 0 Å². The molecule has 2 rings (SSSR count). The molecule has 19 heavy (non-hydrogen) atoms. The van der Waals surface area contributed by atoms with Crippen molar-refractivity contribution in [2.75, 3.05) is 6.54 Å². The average molecular weight is 348 g/mol. The number of aliphatic hydroxyl groups is 1.